The summed E-state index contributed by atoms with van der Waals surface area (Å²) < 4.78 is 10.7. The van der Waals surface area contributed by atoms with Gasteiger partial charge in [0.25, 0.3) is 0 Å². The van der Waals surface area contributed by atoms with Gasteiger partial charge in [-0.1, -0.05) is 18.2 Å². The topological polar surface area (TPSA) is 68.7 Å². The Bertz CT molecular complexity index is 596. The Labute approximate surface area is 110 Å². The summed E-state index contributed by atoms with van der Waals surface area (Å²) >= 11 is 0. The van der Waals surface area contributed by atoms with Gasteiger partial charge in [0.1, 0.15) is 5.75 Å². The number of hydrogen-bond donors (Lipinski definition) is 1. The van der Waals surface area contributed by atoms with Crippen LogP contribution in [0.4, 0.5) is 0 Å². The van der Waals surface area contributed by atoms with Crippen molar-refractivity contribution in [2.45, 2.75) is 6.92 Å². The van der Waals surface area contributed by atoms with Crippen molar-refractivity contribution < 1.29 is 19.4 Å². The van der Waals surface area contributed by atoms with Gasteiger partial charge in [0.15, 0.2) is 17.2 Å². The minimum absolute atomic E-state index is 0.125. The van der Waals surface area contributed by atoms with Crippen molar-refractivity contribution in [1.82, 2.24) is 4.98 Å². The number of ether oxygens (including phenoxy) is 2. The van der Waals surface area contributed by atoms with Crippen LogP contribution in [0, 0.1) is 6.92 Å². The van der Waals surface area contributed by atoms with Crippen LogP contribution in [0.5, 0.6) is 17.2 Å². The van der Waals surface area contributed by atoms with E-state index in [4.69, 9.17) is 14.6 Å². The maximum Gasteiger partial charge on any atom is 0.358 e. The normalized spacial score (nSPS) is 10.0. The second kappa shape index (κ2) is 5.39. The molecule has 19 heavy (non-hydrogen) atoms. The number of carboxylic acid groups (broad SMARTS) is 1. The Hall–Kier alpha value is -2.56. The fourth-order valence-corrected chi connectivity index (χ4v) is 1.69. The van der Waals surface area contributed by atoms with E-state index in [1.54, 1.807) is 19.1 Å². The Balaban J connectivity index is 2.40. The van der Waals surface area contributed by atoms with Crippen molar-refractivity contribution >= 4 is 5.97 Å². The fraction of sp³-hybridized carbons (Fsp3) is 0.143. The summed E-state index contributed by atoms with van der Waals surface area (Å²) in [7, 11) is 1.41. The third-order valence-electron chi connectivity index (χ3n) is 2.61. The van der Waals surface area contributed by atoms with Gasteiger partial charge in [0.05, 0.1) is 13.3 Å². The molecule has 0 amide bonds. The minimum Gasteiger partial charge on any atom is -0.494 e. The number of nitrogens with zero attached hydrogens (tertiary/aromatic N) is 1. The smallest absolute Gasteiger partial charge is 0.358 e. The van der Waals surface area contributed by atoms with Crippen molar-refractivity contribution in [3.05, 3.63) is 47.8 Å². The third kappa shape index (κ3) is 2.65. The van der Waals surface area contributed by atoms with Crippen LogP contribution >= 0.6 is 0 Å². The van der Waals surface area contributed by atoms with Crippen LogP contribution in [0.1, 0.15) is 16.1 Å². The fourth-order valence-electron chi connectivity index (χ4n) is 1.69. The maximum atomic E-state index is 11.0. The third-order valence-corrected chi connectivity index (χ3v) is 2.61. The molecule has 0 unspecified atom stereocenters. The predicted octanol–water partition coefficient (Wildman–Crippen LogP) is 2.89. The van der Waals surface area contributed by atoms with Gasteiger partial charge in [-0.25, -0.2) is 9.78 Å². The van der Waals surface area contributed by atoms with Crippen molar-refractivity contribution in [3.63, 3.8) is 0 Å². The van der Waals surface area contributed by atoms with Crippen LogP contribution in [0.25, 0.3) is 0 Å². The number of carbonyl (C=O) groups is 1. The van der Waals surface area contributed by atoms with E-state index in [0.29, 0.717) is 17.1 Å². The molecule has 1 N–H and O–H groups in total. The molecule has 0 atom stereocenters. The Morgan fingerprint density at radius 3 is 2.53 bits per heavy atom. The Morgan fingerprint density at radius 1 is 1.26 bits per heavy atom. The highest BCUT2D eigenvalue weighted by Gasteiger charge is 2.18. The lowest BCUT2D eigenvalue weighted by atomic mass is 10.2. The molecule has 5 heteroatoms. The summed E-state index contributed by atoms with van der Waals surface area (Å²) in [4.78, 5) is 14.9. The van der Waals surface area contributed by atoms with E-state index in [0.717, 1.165) is 0 Å². The number of hydrogen-bond acceptors (Lipinski definition) is 4. The molecule has 0 aliphatic heterocycles. The molecule has 0 fully saturated rings. The first-order valence-electron chi connectivity index (χ1n) is 5.63. The Morgan fingerprint density at radius 2 is 1.95 bits per heavy atom. The first-order valence-corrected chi connectivity index (χ1v) is 5.63. The number of methoxy groups -OCH3 is 1. The van der Waals surface area contributed by atoms with E-state index >= 15 is 0 Å². The van der Waals surface area contributed by atoms with Crippen LogP contribution in [0.3, 0.4) is 0 Å². The second-order valence-corrected chi connectivity index (χ2v) is 3.85. The van der Waals surface area contributed by atoms with E-state index in [9.17, 15) is 4.79 Å². The molecule has 0 aliphatic rings. The number of para-hydroxylation sites is 1. The first kappa shape index (κ1) is 12.9. The van der Waals surface area contributed by atoms with Crippen LogP contribution in [-0.4, -0.2) is 23.2 Å². The highest BCUT2D eigenvalue weighted by molar-refractivity contribution is 5.89. The number of carboxylic acids is 1. The van der Waals surface area contributed by atoms with E-state index in [-0.39, 0.29) is 11.4 Å². The van der Waals surface area contributed by atoms with Gasteiger partial charge in [-0.15, -0.1) is 0 Å². The van der Waals surface area contributed by atoms with Gasteiger partial charge in [0.2, 0.25) is 0 Å². The molecule has 0 saturated carbocycles. The zero-order valence-corrected chi connectivity index (χ0v) is 10.6. The van der Waals surface area contributed by atoms with Gasteiger partial charge >= 0.3 is 5.97 Å². The van der Waals surface area contributed by atoms with Crippen LogP contribution < -0.4 is 9.47 Å². The minimum atomic E-state index is -1.13. The molecule has 2 aromatic rings. The summed E-state index contributed by atoms with van der Waals surface area (Å²) in [6.07, 6.45) is 1.38. The highest BCUT2D eigenvalue weighted by Crippen LogP contribution is 2.32. The Kier molecular flexibility index (Phi) is 3.66. The van der Waals surface area contributed by atoms with Crippen molar-refractivity contribution in [2.24, 2.45) is 0 Å². The van der Waals surface area contributed by atoms with Crippen molar-refractivity contribution in [1.29, 1.82) is 0 Å². The molecule has 1 heterocycles. The molecular formula is C14H13NO4. The van der Waals surface area contributed by atoms with Gasteiger partial charge in [-0.05, 0) is 19.1 Å². The summed E-state index contributed by atoms with van der Waals surface area (Å²) in [6, 6.07) is 9.18. The summed E-state index contributed by atoms with van der Waals surface area (Å²) in [6.45, 7) is 1.73. The van der Waals surface area contributed by atoms with E-state index in [1.165, 1.54) is 13.3 Å². The molecule has 0 radical (unpaired) electrons. The molecule has 1 aromatic carbocycles. The summed E-state index contributed by atoms with van der Waals surface area (Å²) in [5, 5.41) is 9.02. The number of benzene rings is 1. The van der Waals surface area contributed by atoms with Crippen LogP contribution in [0.15, 0.2) is 36.5 Å². The molecule has 98 valence electrons. The zero-order valence-electron chi connectivity index (χ0n) is 10.6. The first-order chi connectivity index (χ1) is 9.13. The largest absolute Gasteiger partial charge is 0.494 e. The SMILES string of the molecule is COc1c(C(=O)O)ncc(Oc2ccccc2)c1C. The van der Waals surface area contributed by atoms with Crippen molar-refractivity contribution in [2.75, 3.05) is 7.11 Å². The second-order valence-electron chi connectivity index (χ2n) is 3.85. The molecule has 0 bridgehead atoms. The summed E-state index contributed by atoms with van der Waals surface area (Å²) in [5.74, 6) is 0.192. The molecule has 0 saturated heterocycles. The van der Waals surface area contributed by atoms with Crippen molar-refractivity contribution in [3.8, 4) is 17.2 Å². The average molecular weight is 259 g/mol. The maximum absolute atomic E-state index is 11.0. The highest BCUT2D eigenvalue weighted by atomic mass is 16.5. The monoisotopic (exact) mass is 259 g/mol. The van der Waals surface area contributed by atoms with Gasteiger partial charge in [-0.2, -0.15) is 0 Å². The molecule has 2 rings (SSSR count). The lowest BCUT2D eigenvalue weighted by Crippen LogP contribution is -2.06. The lowest BCUT2D eigenvalue weighted by molar-refractivity contribution is 0.0686. The number of rotatable bonds is 4. The quantitative estimate of drug-likeness (QED) is 0.914. The molecule has 0 spiro atoms. The zero-order chi connectivity index (χ0) is 13.8. The van der Waals surface area contributed by atoms with E-state index < -0.39 is 5.97 Å². The average Bonchev–Trinajstić information content (AvgIpc) is 2.41. The molecule has 0 aliphatic carbocycles. The lowest BCUT2D eigenvalue weighted by Gasteiger charge is -2.12. The number of aromatic nitrogens is 1. The molecular weight excluding hydrogens is 246 g/mol. The summed E-state index contributed by atoms with van der Waals surface area (Å²) in [5.41, 5.74) is 0.471. The number of pyridine rings is 1. The van der Waals surface area contributed by atoms with Gasteiger partial charge < -0.3 is 14.6 Å². The van der Waals surface area contributed by atoms with Crippen LogP contribution in [0.2, 0.25) is 0 Å². The van der Waals surface area contributed by atoms with E-state index in [1.807, 2.05) is 18.2 Å². The molecule has 1 aromatic heterocycles. The standard InChI is InChI=1S/C14H13NO4/c1-9-11(19-10-6-4-3-5-7-10)8-15-12(14(16)17)13(9)18-2/h3-8H,1-2H3,(H,16,17). The van der Waals surface area contributed by atoms with E-state index in [2.05, 4.69) is 4.98 Å². The number of aromatic carboxylic acids is 1. The van der Waals surface area contributed by atoms with Crippen LogP contribution in [-0.2, 0) is 0 Å². The molecule has 5 nitrogen and oxygen atoms in total. The predicted molar refractivity (Wildman–Crippen MR) is 69.0 cm³/mol. The van der Waals surface area contributed by atoms with Gasteiger partial charge in [0, 0.05) is 5.56 Å². The van der Waals surface area contributed by atoms with Gasteiger partial charge in [-0.3, -0.25) is 0 Å².